The summed E-state index contributed by atoms with van der Waals surface area (Å²) in [6.07, 6.45) is 5.96. The smallest absolute Gasteiger partial charge is 0.250 e. The summed E-state index contributed by atoms with van der Waals surface area (Å²) in [5.74, 6) is -0.239. The molecule has 1 aromatic carbocycles. The fourth-order valence-corrected chi connectivity index (χ4v) is 3.86. The molecule has 0 radical (unpaired) electrons. The van der Waals surface area contributed by atoms with Crippen LogP contribution in [-0.2, 0) is 42.2 Å². The number of amides is 1. The van der Waals surface area contributed by atoms with Crippen molar-refractivity contribution in [1.29, 1.82) is 0 Å². The average molecular weight is 511 g/mol. The van der Waals surface area contributed by atoms with Crippen molar-refractivity contribution in [3.8, 4) is 0 Å². The van der Waals surface area contributed by atoms with Crippen molar-refractivity contribution in [3.05, 3.63) is 125 Å². The third-order valence-electron chi connectivity index (χ3n) is 5.73. The number of hydrogen-bond donors (Lipinski definition) is 1. The van der Waals surface area contributed by atoms with Crippen molar-refractivity contribution in [2.45, 2.75) is 32.7 Å². The van der Waals surface area contributed by atoms with Gasteiger partial charge in [0.15, 0.2) is 0 Å². The number of carbonyl (C=O) groups is 1. The quantitative estimate of drug-likeness (QED) is 0.248. The molecular formula is C29H30N6O3. The number of nitroso groups, excluding NO2 is 1. The lowest BCUT2D eigenvalue weighted by atomic mass is 10.1. The Bertz CT molecular complexity index is 1230. The van der Waals surface area contributed by atoms with Crippen molar-refractivity contribution < 1.29 is 9.53 Å². The van der Waals surface area contributed by atoms with Gasteiger partial charge in [-0.15, -0.1) is 0 Å². The van der Waals surface area contributed by atoms with Crippen molar-refractivity contribution in [1.82, 2.24) is 19.9 Å². The topological polar surface area (TPSA) is 110 Å². The number of anilines is 1. The Morgan fingerprint density at radius 1 is 0.789 bits per heavy atom. The minimum atomic E-state index is -0.239. The number of nitrogens with zero attached hydrogens (tertiary/aromatic N) is 5. The molecule has 0 aliphatic carbocycles. The molecule has 0 aliphatic rings. The van der Waals surface area contributed by atoms with Crippen LogP contribution < -0.4 is 5.32 Å². The van der Waals surface area contributed by atoms with Crippen molar-refractivity contribution in [2.24, 2.45) is 5.18 Å². The second-order valence-corrected chi connectivity index (χ2v) is 8.79. The lowest BCUT2D eigenvalue weighted by molar-refractivity contribution is -0.121. The Labute approximate surface area is 221 Å². The average Bonchev–Trinajstić information content (AvgIpc) is 2.95. The fourth-order valence-electron chi connectivity index (χ4n) is 3.86. The molecule has 0 bridgehead atoms. The first kappa shape index (κ1) is 26.7. The van der Waals surface area contributed by atoms with Crippen LogP contribution in [0.2, 0.25) is 0 Å². The van der Waals surface area contributed by atoms with Crippen LogP contribution in [0.15, 0.2) is 96.6 Å². The van der Waals surface area contributed by atoms with E-state index in [1.807, 2.05) is 60.7 Å². The zero-order chi connectivity index (χ0) is 26.4. The number of carbonyl (C=O) groups excluding carboxylic acids is 1. The molecule has 0 saturated heterocycles. The molecule has 4 aromatic rings. The summed E-state index contributed by atoms with van der Waals surface area (Å²) in [5.41, 5.74) is 5.44. The maximum Gasteiger partial charge on any atom is 0.250 e. The number of benzene rings is 1. The van der Waals surface area contributed by atoms with E-state index in [9.17, 15) is 9.70 Å². The van der Waals surface area contributed by atoms with Gasteiger partial charge in [-0.2, -0.15) is 4.91 Å². The van der Waals surface area contributed by atoms with Crippen LogP contribution in [-0.4, -0.2) is 38.9 Å². The van der Waals surface area contributed by atoms with Gasteiger partial charge < -0.3 is 10.1 Å². The third-order valence-corrected chi connectivity index (χ3v) is 5.73. The highest BCUT2D eigenvalue weighted by atomic mass is 16.5. The maximum atomic E-state index is 12.2. The van der Waals surface area contributed by atoms with E-state index in [2.05, 4.69) is 30.3 Å². The summed E-state index contributed by atoms with van der Waals surface area (Å²) in [5, 5.41) is 5.66. The van der Waals surface area contributed by atoms with E-state index in [0.29, 0.717) is 31.7 Å². The molecule has 0 unspecified atom stereocenters. The van der Waals surface area contributed by atoms with Gasteiger partial charge in [0.25, 0.3) is 0 Å². The van der Waals surface area contributed by atoms with E-state index in [1.165, 1.54) is 0 Å². The Kier molecular flexibility index (Phi) is 10.1. The summed E-state index contributed by atoms with van der Waals surface area (Å²) in [7, 11) is 0. The molecule has 3 aromatic heterocycles. The van der Waals surface area contributed by atoms with E-state index in [-0.39, 0.29) is 25.7 Å². The number of ether oxygens (including phenoxy) is 1. The molecule has 4 rings (SSSR count). The fraction of sp³-hybridized carbons (Fsp3) is 0.241. The van der Waals surface area contributed by atoms with E-state index in [0.717, 1.165) is 28.2 Å². The zero-order valence-electron chi connectivity index (χ0n) is 21.1. The normalized spacial score (nSPS) is 10.9. The van der Waals surface area contributed by atoms with Crippen molar-refractivity contribution >= 4 is 11.6 Å². The van der Waals surface area contributed by atoms with Gasteiger partial charge in [-0.1, -0.05) is 35.5 Å². The zero-order valence-corrected chi connectivity index (χ0v) is 21.1. The molecule has 0 atom stereocenters. The van der Waals surface area contributed by atoms with Crippen molar-refractivity contribution in [2.75, 3.05) is 18.5 Å². The number of nitrogens with one attached hydrogen (secondary N) is 1. The van der Waals surface area contributed by atoms with Gasteiger partial charge in [0.1, 0.15) is 6.61 Å². The van der Waals surface area contributed by atoms with Gasteiger partial charge in [0.2, 0.25) is 5.91 Å². The second-order valence-electron chi connectivity index (χ2n) is 8.79. The molecule has 194 valence electrons. The standard InChI is InChI=1S/C29H30N6O3/c36-29(34-25-10-7-23(8-11-25)13-16-33-37)22-38-21-24-9-12-28(32-17-24)20-35(18-26-5-1-3-14-30-26)19-27-6-2-4-15-31-27/h1-12,14-15,17H,13,16,18-22H2,(H,34,36). The Balaban J connectivity index is 1.25. The van der Waals surface area contributed by atoms with Gasteiger partial charge >= 0.3 is 0 Å². The number of rotatable bonds is 14. The number of pyridine rings is 3. The van der Waals surface area contributed by atoms with Crippen LogP contribution in [0.3, 0.4) is 0 Å². The summed E-state index contributed by atoms with van der Waals surface area (Å²) in [6, 6.07) is 23.1. The highest BCUT2D eigenvalue weighted by Gasteiger charge is 2.11. The van der Waals surface area contributed by atoms with Gasteiger partial charge in [-0.25, -0.2) is 0 Å². The molecule has 1 amide bonds. The number of aromatic nitrogens is 3. The third kappa shape index (κ3) is 8.95. The summed E-state index contributed by atoms with van der Waals surface area (Å²) in [6.45, 7) is 2.45. The van der Waals surface area contributed by atoms with Gasteiger partial charge in [-0.3, -0.25) is 24.6 Å². The van der Waals surface area contributed by atoms with Crippen LogP contribution >= 0.6 is 0 Å². The van der Waals surface area contributed by atoms with Gasteiger partial charge in [0, 0.05) is 43.9 Å². The second kappa shape index (κ2) is 14.4. The van der Waals surface area contributed by atoms with Gasteiger partial charge in [-0.05, 0) is 60.0 Å². The summed E-state index contributed by atoms with van der Waals surface area (Å²) in [4.78, 5) is 38.2. The van der Waals surface area contributed by atoms with Crippen LogP contribution in [0.5, 0.6) is 0 Å². The minimum Gasteiger partial charge on any atom is -0.367 e. The SMILES string of the molecule is O=NCCc1ccc(NC(=O)COCc2ccc(CN(Cc3ccccn3)Cc3ccccn3)nc2)cc1. The first-order chi connectivity index (χ1) is 18.7. The maximum absolute atomic E-state index is 12.2. The summed E-state index contributed by atoms with van der Waals surface area (Å²) < 4.78 is 5.58. The lowest BCUT2D eigenvalue weighted by Gasteiger charge is -2.21. The molecule has 38 heavy (non-hydrogen) atoms. The summed E-state index contributed by atoms with van der Waals surface area (Å²) >= 11 is 0. The van der Waals surface area contributed by atoms with Gasteiger partial charge in [0.05, 0.1) is 30.2 Å². The number of hydrogen-bond acceptors (Lipinski definition) is 8. The highest BCUT2D eigenvalue weighted by Crippen LogP contribution is 2.13. The van der Waals surface area contributed by atoms with E-state index < -0.39 is 0 Å². The molecular weight excluding hydrogens is 480 g/mol. The molecule has 9 heteroatoms. The molecule has 9 nitrogen and oxygen atoms in total. The molecule has 0 fully saturated rings. The van der Waals surface area contributed by atoms with Crippen molar-refractivity contribution in [3.63, 3.8) is 0 Å². The highest BCUT2D eigenvalue weighted by molar-refractivity contribution is 5.91. The molecule has 0 aliphatic heterocycles. The largest absolute Gasteiger partial charge is 0.367 e. The van der Waals surface area contributed by atoms with Crippen LogP contribution in [0.4, 0.5) is 5.69 Å². The molecule has 1 N–H and O–H groups in total. The van der Waals surface area contributed by atoms with Crippen LogP contribution in [0.25, 0.3) is 0 Å². The van der Waals surface area contributed by atoms with E-state index in [1.54, 1.807) is 30.7 Å². The minimum absolute atomic E-state index is 0.0690. The monoisotopic (exact) mass is 510 g/mol. The Hall–Kier alpha value is -4.34. The molecule has 3 heterocycles. The predicted molar refractivity (Wildman–Crippen MR) is 145 cm³/mol. The molecule has 0 spiro atoms. The first-order valence-electron chi connectivity index (χ1n) is 12.4. The van der Waals surface area contributed by atoms with E-state index >= 15 is 0 Å². The Morgan fingerprint density at radius 2 is 1.42 bits per heavy atom. The van der Waals surface area contributed by atoms with Crippen LogP contribution in [0, 0.1) is 4.91 Å². The predicted octanol–water partition coefficient (Wildman–Crippen LogP) is 4.54. The molecule has 0 saturated carbocycles. The Morgan fingerprint density at radius 3 is 1.97 bits per heavy atom. The van der Waals surface area contributed by atoms with Crippen LogP contribution in [0.1, 0.15) is 28.2 Å². The lowest BCUT2D eigenvalue weighted by Crippen LogP contribution is -2.24. The van der Waals surface area contributed by atoms with E-state index in [4.69, 9.17) is 4.74 Å². The first-order valence-corrected chi connectivity index (χ1v) is 12.4.